The predicted molar refractivity (Wildman–Crippen MR) is 75.8 cm³/mol. The molecule has 1 atom stereocenters. The van der Waals surface area contributed by atoms with E-state index in [9.17, 15) is 0 Å². The van der Waals surface area contributed by atoms with E-state index in [1.165, 1.54) is 36.8 Å². The lowest BCUT2D eigenvalue weighted by Crippen LogP contribution is -2.41. The molecule has 1 saturated heterocycles. The summed E-state index contributed by atoms with van der Waals surface area (Å²) in [5.41, 5.74) is 3.00. The van der Waals surface area contributed by atoms with Crippen molar-refractivity contribution in [3.63, 3.8) is 0 Å². The molecule has 0 radical (unpaired) electrons. The van der Waals surface area contributed by atoms with Crippen molar-refractivity contribution in [3.8, 4) is 5.75 Å². The molecule has 3 nitrogen and oxygen atoms in total. The van der Waals surface area contributed by atoms with E-state index in [2.05, 4.69) is 23.5 Å². The Bertz CT molecular complexity index is 413. The number of fused-ring (bicyclic) bond motifs is 1. The molecule has 1 fully saturated rings. The van der Waals surface area contributed by atoms with Crippen LogP contribution >= 0.6 is 0 Å². The molecule has 19 heavy (non-hydrogen) atoms. The van der Waals surface area contributed by atoms with Crippen molar-refractivity contribution in [3.05, 3.63) is 29.3 Å². The minimum absolute atomic E-state index is 0.450. The lowest BCUT2D eigenvalue weighted by molar-refractivity contribution is 0.0691. The van der Waals surface area contributed by atoms with E-state index in [-0.39, 0.29) is 0 Å². The van der Waals surface area contributed by atoms with E-state index in [0.717, 1.165) is 38.5 Å². The maximum atomic E-state index is 5.88. The molecule has 3 heteroatoms. The molecule has 0 saturated carbocycles. The van der Waals surface area contributed by atoms with Gasteiger partial charge in [0.2, 0.25) is 0 Å². The summed E-state index contributed by atoms with van der Waals surface area (Å²) in [6.07, 6.45) is 6.11. The van der Waals surface area contributed by atoms with Gasteiger partial charge in [-0.1, -0.05) is 6.07 Å². The molecule has 1 unspecified atom stereocenters. The zero-order chi connectivity index (χ0) is 12.9. The summed E-state index contributed by atoms with van der Waals surface area (Å²) in [5, 5.41) is 3.45. The van der Waals surface area contributed by atoms with Gasteiger partial charge in [0, 0.05) is 12.6 Å². The molecular weight excluding hydrogens is 238 g/mol. The first-order valence-electron chi connectivity index (χ1n) is 7.47. The number of hydrogen-bond acceptors (Lipinski definition) is 3. The highest BCUT2D eigenvalue weighted by molar-refractivity contribution is 5.37. The second-order valence-corrected chi connectivity index (χ2v) is 5.50. The van der Waals surface area contributed by atoms with E-state index >= 15 is 0 Å². The SMILES string of the molecule is c1cc2c(cc1OCCC1COCCN1)CCCC2. The fourth-order valence-electron chi connectivity index (χ4n) is 2.92. The lowest BCUT2D eigenvalue weighted by atomic mass is 9.92. The Morgan fingerprint density at radius 1 is 1.21 bits per heavy atom. The Morgan fingerprint density at radius 3 is 2.95 bits per heavy atom. The van der Waals surface area contributed by atoms with Gasteiger partial charge in [-0.25, -0.2) is 0 Å². The molecule has 0 spiro atoms. The Kier molecular flexibility index (Phi) is 4.36. The van der Waals surface area contributed by atoms with Crippen molar-refractivity contribution in [2.45, 2.75) is 38.1 Å². The highest BCUT2D eigenvalue weighted by Gasteiger charge is 2.13. The van der Waals surface area contributed by atoms with Crippen LogP contribution in [-0.4, -0.2) is 32.4 Å². The van der Waals surface area contributed by atoms with Gasteiger partial charge in [-0.15, -0.1) is 0 Å². The van der Waals surface area contributed by atoms with E-state index in [4.69, 9.17) is 9.47 Å². The number of aryl methyl sites for hydroxylation is 2. The van der Waals surface area contributed by atoms with Crippen LogP contribution in [0.4, 0.5) is 0 Å². The minimum Gasteiger partial charge on any atom is -0.494 e. The molecule has 1 heterocycles. The first-order chi connectivity index (χ1) is 9.42. The van der Waals surface area contributed by atoms with Gasteiger partial charge in [-0.3, -0.25) is 0 Å². The quantitative estimate of drug-likeness (QED) is 0.902. The van der Waals surface area contributed by atoms with Crippen LogP contribution in [0.2, 0.25) is 0 Å². The van der Waals surface area contributed by atoms with Gasteiger partial charge in [0.05, 0.1) is 19.8 Å². The van der Waals surface area contributed by atoms with Crippen molar-refractivity contribution >= 4 is 0 Å². The molecule has 1 aliphatic heterocycles. The van der Waals surface area contributed by atoms with Crippen LogP contribution in [0.5, 0.6) is 5.75 Å². The Labute approximate surface area is 115 Å². The molecule has 1 aliphatic carbocycles. The average molecular weight is 261 g/mol. The van der Waals surface area contributed by atoms with Crippen LogP contribution in [0, 0.1) is 0 Å². The van der Waals surface area contributed by atoms with Crippen molar-refractivity contribution in [1.29, 1.82) is 0 Å². The van der Waals surface area contributed by atoms with Crippen LogP contribution in [0.3, 0.4) is 0 Å². The number of rotatable bonds is 4. The molecule has 2 aliphatic rings. The van der Waals surface area contributed by atoms with Crippen molar-refractivity contribution in [2.75, 3.05) is 26.4 Å². The van der Waals surface area contributed by atoms with Gasteiger partial charge < -0.3 is 14.8 Å². The maximum absolute atomic E-state index is 5.88. The van der Waals surface area contributed by atoms with E-state index < -0.39 is 0 Å². The summed E-state index contributed by atoms with van der Waals surface area (Å²) in [6, 6.07) is 7.05. The fraction of sp³-hybridized carbons (Fsp3) is 0.625. The summed E-state index contributed by atoms with van der Waals surface area (Å²) < 4.78 is 11.3. The van der Waals surface area contributed by atoms with Gasteiger partial charge in [0.25, 0.3) is 0 Å². The third-order valence-electron chi connectivity index (χ3n) is 4.05. The molecular formula is C16H23NO2. The van der Waals surface area contributed by atoms with Gasteiger partial charge in [0.1, 0.15) is 5.75 Å². The smallest absolute Gasteiger partial charge is 0.119 e. The molecule has 0 bridgehead atoms. The number of benzene rings is 1. The van der Waals surface area contributed by atoms with E-state index in [0.29, 0.717) is 6.04 Å². The van der Waals surface area contributed by atoms with E-state index in [1.807, 2.05) is 0 Å². The zero-order valence-corrected chi connectivity index (χ0v) is 11.5. The number of hydrogen-bond donors (Lipinski definition) is 1. The lowest BCUT2D eigenvalue weighted by Gasteiger charge is -2.23. The first kappa shape index (κ1) is 12.9. The minimum atomic E-state index is 0.450. The monoisotopic (exact) mass is 261 g/mol. The fourth-order valence-corrected chi connectivity index (χ4v) is 2.92. The number of nitrogens with one attached hydrogen (secondary N) is 1. The normalized spacial score (nSPS) is 22.8. The van der Waals surface area contributed by atoms with Crippen molar-refractivity contribution < 1.29 is 9.47 Å². The summed E-state index contributed by atoms with van der Waals surface area (Å²) in [6.45, 7) is 3.37. The Hall–Kier alpha value is -1.06. The predicted octanol–water partition coefficient (Wildman–Crippen LogP) is 2.32. The molecule has 0 amide bonds. The molecule has 104 valence electrons. The van der Waals surface area contributed by atoms with Crippen LogP contribution in [-0.2, 0) is 17.6 Å². The van der Waals surface area contributed by atoms with Gasteiger partial charge in [-0.2, -0.15) is 0 Å². The average Bonchev–Trinajstić information content (AvgIpc) is 2.48. The zero-order valence-electron chi connectivity index (χ0n) is 11.5. The summed E-state index contributed by atoms with van der Waals surface area (Å²) >= 11 is 0. The van der Waals surface area contributed by atoms with Gasteiger partial charge in [-0.05, 0) is 55.4 Å². The van der Waals surface area contributed by atoms with Gasteiger partial charge in [0.15, 0.2) is 0 Å². The highest BCUT2D eigenvalue weighted by Crippen LogP contribution is 2.25. The van der Waals surface area contributed by atoms with Crippen LogP contribution in [0.15, 0.2) is 18.2 Å². The van der Waals surface area contributed by atoms with Crippen molar-refractivity contribution in [1.82, 2.24) is 5.32 Å². The third-order valence-corrected chi connectivity index (χ3v) is 4.05. The topological polar surface area (TPSA) is 30.5 Å². The Balaban J connectivity index is 1.49. The largest absolute Gasteiger partial charge is 0.494 e. The number of ether oxygens (including phenoxy) is 2. The maximum Gasteiger partial charge on any atom is 0.119 e. The summed E-state index contributed by atoms with van der Waals surface area (Å²) in [5.74, 6) is 1.03. The standard InChI is InChI=1S/C16H23NO2/c1-2-4-14-11-16(6-5-13(14)3-1)19-9-7-15-12-18-10-8-17-15/h5-6,11,15,17H,1-4,7-10,12H2. The molecule has 3 rings (SSSR count). The van der Waals surface area contributed by atoms with Crippen LogP contribution in [0.25, 0.3) is 0 Å². The summed E-state index contributed by atoms with van der Waals surface area (Å²) in [4.78, 5) is 0. The highest BCUT2D eigenvalue weighted by atomic mass is 16.5. The molecule has 1 aromatic carbocycles. The van der Waals surface area contributed by atoms with Crippen LogP contribution in [0.1, 0.15) is 30.4 Å². The second kappa shape index (κ2) is 6.40. The molecule has 1 aromatic rings. The molecule has 0 aromatic heterocycles. The van der Waals surface area contributed by atoms with Crippen molar-refractivity contribution in [2.24, 2.45) is 0 Å². The summed E-state index contributed by atoms with van der Waals surface area (Å²) in [7, 11) is 0. The first-order valence-corrected chi connectivity index (χ1v) is 7.47. The number of morpholine rings is 1. The third kappa shape index (κ3) is 3.48. The Morgan fingerprint density at radius 2 is 2.11 bits per heavy atom. The molecule has 1 N–H and O–H groups in total. The van der Waals surface area contributed by atoms with Gasteiger partial charge >= 0.3 is 0 Å². The van der Waals surface area contributed by atoms with E-state index in [1.54, 1.807) is 0 Å². The second-order valence-electron chi connectivity index (χ2n) is 5.50. The van der Waals surface area contributed by atoms with Crippen LogP contribution < -0.4 is 10.1 Å².